The molecule has 0 aliphatic rings. The van der Waals surface area contributed by atoms with Gasteiger partial charge in [0.05, 0.1) is 10.6 Å². The van der Waals surface area contributed by atoms with Crippen LogP contribution in [0.3, 0.4) is 0 Å². The predicted molar refractivity (Wildman–Crippen MR) is 105 cm³/mol. The van der Waals surface area contributed by atoms with Crippen molar-refractivity contribution in [2.45, 2.75) is 16.7 Å². The Kier molecular flexibility index (Phi) is 5.25. The van der Waals surface area contributed by atoms with Crippen molar-refractivity contribution in [1.82, 2.24) is 3.97 Å². The van der Waals surface area contributed by atoms with Gasteiger partial charge in [0.1, 0.15) is 4.90 Å². The van der Waals surface area contributed by atoms with Crippen LogP contribution in [0.15, 0.2) is 82.8 Å². The molecule has 28 heavy (non-hydrogen) atoms. The Morgan fingerprint density at radius 1 is 0.857 bits per heavy atom. The largest absolute Gasteiger partial charge is 0.326 e. The van der Waals surface area contributed by atoms with E-state index in [9.17, 15) is 21.6 Å². The number of carbonyl (C=O) groups excluding carboxylic acids is 1. The monoisotopic (exact) mass is 419 g/mol. The number of nitrogens with zero attached hydrogens (tertiary/aromatic N) is 1. The van der Waals surface area contributed by atoms with Crippen molar-refractivity contribution in [3.63, 3.8) is 0 Å². The second kappa shape index (κ2) is 7.49. The maximum atomic E-state index is 12.6. The fraction of sp³-hybridized carbons (Fsp3) is 0.0556. The third-order valence-electron chi connectivity index (χ3n) is 3.70. The number of hydrogen-bond donors (Lipinski definition) is 2. The Bertz CT molecular complexity index is 1220. The summed E-state index contributed by atoms with van der Waals surface area (Å²) in [6.45, 7) is 1.34. The van der Waals surface area contributed by atoms with Crippen LogP contribution in [0.1, 0.15) is 6.92 Å². The van der Waals surface area contributed by atoms with E-state index in [1.807, 2.05) is 0 Å². The van der Waals surface area contributed by atoms with Crippen molar-refractivity contribution in [2.75, 3.05) is 10.0 Å². The molecule has 0 aliphatic carbocycles. The Morgan fingerprint density at radius 3 is 2.21 bits per heavy atom. The number of carbonyl (C=O) groups is 1. The van der Waals surface area contributed by atoms with Crippen LogP contribution in [0.25, 0.3) is 0 Å². The lowest BCUT2D eigenvalue weighted by Crippen LogP contribution is -2.14. The molecule has 8 nitrogen and oxygen atoms in total. The molecule has 146 valence electrons. The predicted octanol–water partition coefficient (Wildman–Crippen LogP) is 2.48. The number of anilines is 2. The number of hydrogen-bond acceptors (Lipinski definition) is 5. The van der Waals surface area contributed by atoms with Crippen molar-refractivity contribution >= 4 is 37.3 Å². The summed E-state index contributed by atoms with van der Waals surface area (Å²) in [7, 11) is -7.92. The van der Waals surface area contributed by atoms with Gasteiger partial charge in [-0.25, -0.2) is 20.8 Å². The molecule has 1 heterocycles. The minimum Gasteiger partial charge on any atom is -0.326 e. The van der Waals surface area contributed by atoms with Crippen LogP contribution in [0.4, 0.5) is 11.4 Å². The molecule has 3 rings (SSSR count). The van der Waals surface area contributed by atoms with E-state index in [2.05, 4.69) is 10.0 Å². The van der Waals surface area contributed by atoms with Gasteiger partial charge in [0, 0.05) is 25.0 Å². The molecule has 0 atom stereocenters. The molecule has 0 aliphatic heterocycles. The van der Waals surface area contributed by atoms with Crippen molar-refractivity contribution in [1.29, 1.82) is 0 Å². The standard InChI is InChI=1S/C18H17N3O5S2/c1-14(22)19-15-6-5-7-16(12-15)20-27(23,24)18-10-11-21(13-18)28(25,26)17-8-3-2-4-9-17/h2-13,20H,1H3,(H,19,22). The van der Waals surface area contributed by atoms with Gasteiger partial charge >= 0.3 is 0 Å². The first-order chi connectivity index (χ1) is 13.2. The summed E-state index contributed by atoms with van der Waals surface area (Å²) in [5, 5.41) is 2.56. The number of rotatable bonds is 6. The highest BCUT2D eigenvalue weighted by molar-refractivity contribution is 7.93. The molecule has 2 aromatic carbocycles. The quantitative estimate of drug-likeness (QED) is 0.637. The highest BCUT2D eigenvalue weighted by atomic mass is 32.2. The molecule has 0 spiro atoms. The van der Waals surface area contributed by atoms with Crippen molar-refractivity contribution in [3.8, 4) is 0 Å². The van der Waals surface area contributed by atoms with Gasteiger partial charge in [-0.3, -0.25) is 9.52 Å². The Hall–Kier alpha value is -3.11. The van der Waals surface area contributed by atoms with E-state index in [0.717, 1.165) is 10.2 Å². The normalized spacial score (nSPS) is 11.8. The molecule has 0 radical (unpaired) electrons. The first-order valence-electron chi connectivity index (χ1n) is 8.07. The molecule has 0 fully saturated rings. The molecule has 10 heteroatoms. The number of amides is 1. The fourth-order valence-electron chi connectivity index (χ4n) is 2.46. The van der Waals surface area contributed by atoms with Gasteiger partial charge in [0.2, 0.25) is 5.91 Å². The van der Waals surface area contributed by atoms with Gasteiger partial charge in [-0.2, -0.15) is 0 Å². The third-order valence-corrected chi connectivity index (χ3v) is 6.72. The second-order valence-corrected chi connectivity index (χ2v) is 9.39. The number of aromatic nitrogens is 1. The van der Waals surface area contributed by atoms with Crippen LogP contribution in [0, 0.1) is 0 Å². The molecule has 2 N–H and O–H groups in total. The van der Waals surface area contributed by atoms with Crippen LogP contribution in [-0.4, -0.2) is 26.7 Å². The lowest BCUT2D eigenvalue weighted by Gasteiger charge is -2.09. The molecule has 1 amide bonds. The highest BCUT2D eigenvalue weighted by Crippen LogP contribution is 2.21. The number of benzene rings is 2. The minimum atomic E-state index is -4.03. The average Bonchev–Trinajstić information content (AvgIpc) is 3.14. The van der Waals surface area contributed by atoms with Crippen molar-refractivity contribution in [3.05, 3.63) is 73.1 Å². The SMILES string of the molecule is CC(=O)Nc1cccc(NS(=O)(=O)c2ccn(S(=O)(=O)c3ccccc3)c2)c1. The Labute approximate surface area is 162 Å². The van der Waals surface area contributed by atoms with Crippen LogP contribution in [-0.2, 0) is 24.8 Å². The molecule has 0 unspecified atom stereocenters. The van der Waals surface area contributed by atoms with E-state index in [0.29, 0.717) is 5.69 Å². The second-order valence-electron chi connectivity index (χ2n) is 5.86. The minimum absolute atomic E-state index is 0.0468. The van der Waals surface area contributed by atoms with Crippen LogP contribution >= 0.6 is 0 Å². The molecule has 3 aromatic rings. The molecule has 0 saturated carbocycles. The molecule has 0 saturated heterocycles. The molecule has 1 aromatic heterocycles. The van der Waals surface area contributed by atoms with Crippen LogP contribution < -0.4 is 10.0 Å². The molecular formula is C18H17N3O5S2. The highest BCUT2D eigenvalue weighted by Gasteiger charge is 2.21. The van der Waals surface area contributed by atoms with Crippen molar-refractivity contribution < 1.29 is 21.6 Å². The lowest BCUT2D eigenvalue weighted by atomic mass is 10.3. The maximum Gasteiger partial charge on any atom is 0.267 e. The number of nitrogens with one attached hydrogen (secondary N) is 2. The third kappa shape index (κ3) is 4.24. The zero-order valence-electron chi connectivity index (χ0n) is 14.7. The van der Waals surface area contributed by atoms with Gasteiger partial charge in [-0.15, -0.1) is 0 Å². The summed E-state index contributed by atoms with van der Waals surface area (Å²) in [6, 6.07) is 15.1. The first-order valence-corrected chi connectivity index (χ1v) is 11.0. The summed E-state index contributed by atoms with van der Waals surface area (Å²) in [5.74, 6) is -0.289. The van der Waals surface area contributed by atoms with Crippen LogP contribution in [0.5, 0.6) is 0 Å². The summed E-state index contributed by atoms with van der Waals surface area (Å²) < 4.78 is 53.6. The molecule has 0 bridgehead atoms. The van der Waals surface area contributed by atoms with Gasteiger partial charge in [-0.1, -0.05) is 24.3 Å². The zero-order chi connectivity index (χ0) is 20.4. The maximum absolute atomic E-state index is 12.6. The topological polar surface area (TPSA) is 114 Å². The van der Waals surface area contributed by atoms with Gasteiger partial charge in [-0.05, 0) is 36.4 Å². The smallest absolute Gasteiger partial charge is 0.267 e. The van der Waals surface area contributed by atoms with E-state index < -0.39 is 20.0 Å². The summed E-state index contributed by atoms with van der Waals surface area (Å²) in [4.78, 5) is 11.0. The number of sulfonamides is 1. The van der Waals surface area contributed by atoms with E-state index in [-0.39, 0.29) is 21.4 Å². The van der Waals surface area contributed by atoms with E-state index in [4.69, 9.17) is 0 Å². The van der Waals surface area contributed by atoms with Crippen molar-refractivity contribution in [2.24, 2.45) is 0 Å². The van der Waals surface area contributed by atoms with E-state index in [1.165, 1.54) is 43.5 Å². The molecular weight excluding hydrogens is 402 g/mol. The zero-order valence-corrected chi connectivity index (χ0v) is 16.4. The van der Waals surface area contributed by atoms with Gasteiger partial charge in [0.25, 0.3) is 20.0 Å². The van der Waals surface area contributed by atoms with E-state index >= 15 is 0 Å². The Balaban J connectivity index is 1.87. The summed E-state index contributed by atoms with van der Waals surface area (Å²) in [5.41, 5.74) is 0.654. The van der Waals surface area contributed by atoms with Crippen LogP contribution in [0.2, 0.25) is 0 Å². The Morgan fingerprint density at radius 2 is 1.54 bits per heavy atom. The summed E-state index contributed by atoms with van der Waals surface area (Å²) in [6.07, 6.45) is 2.20. The summed E-state index contributed by atoms with van der Waals surface area (Å²) >= 11 is 0. The fourth-order valence-corrected chi connectivity index (χ4v) is 4.79. The van der Waals surface area contributed by atoms with Gasteiger partial charge in [0.15, 0.2) is 0 Å². The average molecular weight is 419 g/mol. The first kappa shape index (κ1) is 19.6. The van der Waals surface area contributed by atoms with E-state index in [1.54, 1.807) is 30.3 Å². The van der Waals surface area contributed by atoms with Gasteiger partial charge < -0.3 is 5.32 Å². The lowest BCUT2D eigenvalue weighted by molar-refractivity contribution is -0.114.